The Morgan fingerprint density at radius 2 is 2.38 bits per heavy atom. The smallest absolute Gasteiger partial charge is 0.146 e. The van der Waals surface area contributed by atoms with E-state index >= 15 is 0 Å². The first kappa shape index (κ1) is 8.90. The standard InChI is InChI=1S/C8H11BrN4/c9-7-2-11-5-12-8(7)13-3-6(1-10)4-13/h2,5-6H,1,3-4,10H2. The number of hydrogen-bond acceptors (Lipinski definition) is 4. The van der Waals surface area contributed by atoms with Gasteiger partial charge < -0.3 is 10.6 Å². The molecule has 0 aliphatic carbocycles. The molecule has 0 spiro atoms. The summed E-state index contributed by atoms with van der Waals surface area (Å²) in [7, 11) is 0. The highest BCUT2D eigenvalue weighted by Crippen LogP contribution is 2.27. The molecule has 1 fully saturated rings. The van der Waals surface area contributed by atoms with Crippen LogP contribution in [0.25, 0.3) is 0 Å². The van der Waals surface area contributed by atoms with Gasteiger partial charge in [0.25, 0.3) is 0 Å². The number of nitrogens with two attached hydrogens (primary N) is 1. The molecule has 2 heterocycles. The van der Waals surface area contributed by atoms with Crippen LogP contribution in [0.1, 0.15) is 0 Å². The Kier molecular flexibility index (Phi) is 2.46. The maximum absolute atomic E-state index is 5.54. The molecule has 1 aromatic rings. The maximum Gasteiger partial charge on any atom is 0.146 e. The Balaban J connectivity index is 2.07. The highest BCUT2D eigenvalue weighted by atomic mass is 79.9. The molecule has 13 heavy (non-hydrogen) atoms. The van der Waals surface area contributed by atoms with Crippen molar-refractivity contribution in [2.45, 2.75) is 0 Å². The third-order valence-corrected chi connectivity index (χ3v) is 2.80. The van der Waals surface area contributed by atoms with Crippen LogP contribution in [0, 0.1) is 5.92 Å². The lowest BCUT2D eigenvalue weighted by Crippen LogP contribution is -2.50. The topological polar surface area (TPSA) is 55.0 Å². The minimum atomic E-state index is 0.627. The van der Waals surface area contributed by atoms with E-state index in [-0.39, 0.29) is 0 Å². The van der Waals surface area contributed by atoms with Crippen LogP contribution in [-0.4, -0.2) is 29.6 Å². The van der Waals surface area contributed by atoms with Gasteiger partial charge in [0.15, 0.2) is 0 Å². The Hall–Kier alpha value is -0.680. The van der Waals surface area contributed by atoms with Crippen LogP contribution in [0.3, 0.4) is 0 Å². The van der Waals surface area contributed by atoms with Crippen LogP contribution in [0.5, 0.6) is 0 Å². The Morgan fingerprint density at radius 3 is 3.00 bits per heavy atom. The molecule has 1 saturated heterocycles. The highest BCUT2D eigenvalue weighted by molar-refractivity contribution is 9.10. The van der Waals surface area contributed by atoms with Gasteiger partial charge in [-0.2, -0.15) is 0 Å². The number of hydrogen-bond donors (Lipinski definition) is 1. The minimum absolute atomic E-state index is 0.627. The molecule has 0 aromatic carbocycles. The molecule has 0 unspecified atom stereocenters. The van der Waals surface area contributed by atoms with E-state index < -0.39 is 0 Å². The lowest BCUT2D eigenvalue weighted by atomic mass is 10.0. The number of anilines is 1. The summed E-state index contributed by atoms with van der Waals surface area (Å²) in [6, 6.07) is 0. The number of halogens is 1. The van der Waals surface area contributed by atoms with E-state index in [0.717, 1.165) is 29.9 Å². The summed E-state index contributed by atoms with van der Waals surface area (Å²) in [5, 5.41) is 0. The van der Waals surface area contributed by atoms with E-state index in [1.807, 2.05) is 0 Å². The number of aromatic nitrogens is 2. The molecule has 0 saturated carbocycles. The van der Waals surface area contributed by atoms with Crippen LogP contribution in [0.2, 0.25) is 0 Å². The van der Waals surface area contributed by atoms with Gasteiger partial charge in [0.1, 0.15) is 12.1 Å². The zero-order chi connectivity index (χ0) is 9.26. The summed E-state index contributed by atoms with van der Waals surface area (Å²) >= 11 is 3.42. The summed E-state index contributed by atoms with van der Waals surface area (Å²) in [5.74, 6) is 1.60. The van der Waals surface area contributed by atoms with E-state index in [4.69, 9.17) is 5.73 Å². The SMILES string of the molecule is NCC1CN(c2ncncc2Br)C1. The van der Waals surface area contributed by atoms with Crippen LogP contribution >= 0.6 is 15.9 Å². The molecule has 5 heteroatoms. The zero-order valence-electron chi connectivity index (χ0n) is 7.15. The normalized spacial score (nSPS) is 17.2. The van der Waals surface area contributed by atoms with Crippen molar-refractivity contribution in [3.8, 4) is 0 Å². The summed E-state index contributed by atoms with van der Waals surface area (Å²) in [4.78, 5) is 10.3. The van der Waals surface area contributed by atoms with Crippen molar-refractivity contribution in [2.75, 3.05) is 24.5 Å². The van der Waals surface area contributed by atoms with Gasteiger partial charge in [-0.1, -0.05) is 0 Å². The molecule has 0 radical (unpaired) electrons. The molecule has 1 aromatic heterocycles. The minimum Gasteiger partial charge on any atom is -0.355 e. The lowest BCUT2D eigenvalue weighted by molar-refractivity contribution is 0.416. The number of rotatable bonds is 2. The molecule has 1 aliphatic heterocycles. The van der Waals surface area contributed by atoms with Gasteiger partial charge in [0.05, 0.1) is 4.47 Å². The predicted molar refractivity (Wildman–Crippen MR) is 54.5 cm³/mol. The fraction of sp³-hybridized carbons (Fsp3) is 0.500. The predicted octanol–water partition coefficient (Wildman–Crippen LogP) is 0.634. The van der Waals surface area contributed by atoms with Crippen molar-refractivity contribution in [1.29, 1.82) is 0 Å². The first-order valence-electron chi connectivity index (χ1n) is 4.21. The first-order chi connectivity index (χ1) is 6.31. The van der Waals surface area contributed by atoms with Crippen molar-refractivity contribution < 1.29 is 0 Å². The third kappa shape index (κ3) is 1.66. The van der Waals surface area contributed by atoms with Crippen LogP contribution in [0.15, 0.2) is 17.0 Å². The Morgan fingerprint density at radius 1 is 1.62 bits per heavy atom. The third-order valence-electron chi connectivity index (χ3n) is 2.24. The first-order valence-corrected chi connectivity index (χ1v) is 5.01. The molecule has 70 valence electrons. The second-order valence-electron chi connectivity index (χ2n) is 3.20. The molecular weight excluding hydrogens is 232 g/mol. The molecule has 2 N–H and O–H groups in total. The quantitative estimate of drug-likeness (QED) is 0.827. The molecule has 4 nitrogen and oxygen atoms in total. The van der Waals surface area contributed by atoms with Crippen LogP contribution in [-0.2, 0) is 0 Å². The van der Waals surface area contributed by atoms with E-state index in [1.165, 1.54) is 0 Å². The van der Waals surface area contributed by atoms with Gasteiger partial charge in [-0.25, -0.2) is 9.97 Å². The zero-order valence-corrected chi connectivity index (χ0v) is 8.74. The van der Waals surface area contributed by atoms with E-state index in [0.29, 0.717) is 5.92 Å². The van der Waals surface area contributed by atoms with Crippen molar-refractivity contribution >= 4 is 21.7 Å². The second-order valence-corrected chi connectivity index (χ2v) is 4.06. The average Bonchev–Trinajstić information content (AvgIpc) is 2.06. The van der Waals surface area contributed by atoms with Crippen molar-refractivity contribution in [3.63, 3.8) is 0 Å². The van der Waals surface area contributed by atoms with Crippen molar-refractivity contribution in [2.24, 2.45) is 11.7 Å². The van der Waals surface area contributed by atoms with E-state index in [9.17, 15) is 0 Å². The molecule has 0 atom stereocenters. The fourth-order valence-corrected chi connectivity index (χ4v) is 1.90. The molecule has 0 bridgehead atoms. The van der Waals surface area contributed by atoms with Crippen molar-refractivity contribution in [1.82, 2.24) is 9.97 Å². The maximum atomic E-state index is 5.54. The lowest BCUT2D eigenvalue weighted by Gasteiger charge is -2.39. The van der Waals surface area contributed by atoms with Gasteiger partial charge in [0, 0.05) is 25.2 Å². The molecule has 2 rings (SSSR count). The van der Waals surface area contributed by atoms with E-state index in [1.54, 1.807) is 12.5 Å². The molecular formula is C8H11BrN4. The van der Waals surface area contributed by atoms with Gasteiger partial charge in [-0.05, 0) is 22.5 Å². The molecule has 0 amide bonds. The summed E-state index contributed by atoms with van der Waals surface area (Å²) < 4.78 is 0.950. The van der Waals surface area contributed by atoms with Gasteiger partial charge in [-0.15, -0.1) is 0 Å². The average molecular weight is 243 g/mol. The summed E-state index contributed by atoms with van der Waals surface area (Å²) in [6.07, 6.45) is 3.33. The Labute approximate surface area is 85.3 Å². The fourth-order valence-electron chi connectivity index (χ4n) is 1.43. The Bertz CT molecular complexity index is 298. The van der Waals surface area contributed by atoms with Gasteiger partial charge in [-0.3, -0.25) is 0 Å². The molecule has 1 aliphatic rings. The largest absolute Gasteiger partial charge is 0.355 e. The van der Waals surface area contributed by atoms with Gasteiger partial charge in [0.2, 0.25) is 0 Å². The second kappa shape index (κ2) is 3.59. The highest BCUT2D eigenvalue weighted by Gasteiger charge is 2.27. The van der Waals surface area contributed by atoms with E-state index in [2.05, 4.69) is 30.8 Å². The summed E-state index contributed by atoms with van der Waals surface area (Å²) in [5.41, 5.74) is 5.54. The van der Waals surface area contributed by atoms with Crippen molar-refractivity contribution in [3.05, 3.63) is 17.0 Å². The monoisotopic (exact) mass is 242 g/mol. The summed E-state index contributed by atoms with van der Waals surface area (Å²) in [6.45, 7) is 2.78. The van der Waals surface area contributed by atoms with Gasteiger partial charge >= 0.3 is 0 Å². The van der Waals surface area contributed by atoms with Crippen LogP contribution < -0.4 is 10.6 Å². The van der Waals surface area contributed by atoms with Crippen LogP contribution in [0.4, 0.5) is 5.82 Å². The number of nitrogens with zero attached hydrogens (tertiary/aromatic N) is 3.